The van der Waals surface area contributed by atoms with Crippen LogP contribution in [0.25, 0.3) is 107 Å². The number of hydrogen-bond acceptors (Lipinski definition) is 5. The molecule has 0 unspecified atom stereocenters. The van der Waals surface area contributed by atoms with Gasteiger partial charge in [0.25, 0.3) is 0 Å². The van der Waals surface area contributed by atoms with E-state index < -0.39 is 0 Å². The van der Waals surface area contributed by atoms with Gasteiger partial charge in [0, 0.05) is 49.8 Å². The van der Waals surface area contributed by atoms with Crippen LogP contribution in [0.5, 0.6) is 0 Å². The molecule has 0 bridgehead atoms. The van der Waals surface area contributed by atoms with E-state index in [1.165, 1.54) is 5.39 Å². The zero-order valence-corrected chi connectivity index (χ0v) is 33.0. The summed E-state index contributed by atoms with van der Waals surface area (Å²) in [6.45, 7) is 0. The van der Waals surface area contributed by atoms with Gasteiger partial charge in [0.2, 0.25) is 0 Å². The number of para-hydroxylation sites is 2. The molecule has 0 aliphatic carbocycles. The Bertz CT molecular complexity index is 3270. The third-order valence-corrected chi connectivity index (χ3v) is 11.1. The van der Waals surface area contributed by atoms with E-state index in [2.05, 4.69) is 144 Å². The van der Waals surface area contributed by atoms with Crippen molar-refractivity contribution in [3.8, 4) is 84.9 Å². The molecule has 0 fully saturated rings. The number of aromatic nitrogens is 6. The summed E-state index contributed by atoms with van der Waals surface area (Å²) in [6.07, 6.45) is 0. The van der Waals surface area contributed by atoms with Gasteiger partial charge in [-0.1, -0.05) is 170 Å². The van der Waals surface area contributed by atoms with Crippen molar-refractivity contribution in [2.24, 2.45) is 0 Å². The van der Waals surface area contributed by atoms with E-state index in [4.69, 9.17) is 24.9 Å². The average Bonchev–Trinajstić information content (AvgIpc) is 3.68. The number of nitrogens with zero attached hydrogens (tertiary/aromatic N) is 6. The summed E-state index contributed by atoms with van der Waals surface area (Å²) in [5.41, 5.74) is 13.1. The maximum atomic E-state index is 5.27. The predicted molar refractivity (Wildman–Crippen MR) is 248 cm³/mol. The molecule has 0 radical (unpaired) electrons. The normalized spacial score (nSPS) is 11.3. The van der Waals surface area contributed by atoms with Crippen LogP contribution in [0, 0.1) is 0 Å². The SMILES string of the molecule is c1ccc(-c2cc(-c3cccc(-c4ccc(-c5nc(-c6ccccc6)nc(-c6ccccc6)n5)cc4)c3)nc(-c3ccc4c(c3)c3ccccc3n4-c3ccccc3)n2)cc1. The van der Waals surface area contributed by atoms with Crippen molar-refractivity contribution in [1.29, 1.82) is 0 Å². The van der Waals surface area contributed by atoms with Crippen molar-refractivity contribution < 1.29 is 0 Å². The van der Waals surface area contributed by atoms with Gasteiger partial charge in [0.05, 0.1) is 22.4 Å². The Kier molecular flexibility index (Phi) is 9.06. The van der Waals surface area contributed by atoms with E-state index in [9.17, 15) is 0 Å². The Morgan fingerprint density at radius 2 is 0.689 bits per heavy atom. The molecule has 0 saturated carbocycles. The topological polar surface area (TPSA) is 69.4 Å². The van der Waals surface area contributed by atoms with Crippen LogP contribution in [0.2, 0.25) is 0 Å². The third-order valence-electron chi connectivity index (χ3n) is 11.1. The highest BCUT2D eigenvalue weighted by molar-refractivity contribution is 6.10. The van der Waals surface area contributed by atoms with Crippen LogP contribution in [0.3, 0.4) is 0 Å². The van der Waals surface area contributed by atoms with E-state index >= 15 is 0 Å². The third kappa shape index (κ3) is 6.92. The lowest BCUT2D eigenvalue weighted by molar-refractivity contribution is 1.07. The first-order chi connectivity index (χ1) is 30.2. The molecule has 0 atom stereocenters. The Morgan fingerprint density at radius 3 is 1.33 bits per heavy atom. The molecule has 0 aliphatic heterocycles. The minimum atomic E-state index is 0.623. The monoisotopic (exact) mass is 780 g/mol. The Morgan fingerprint density at radius 1 is 0.246 bits per heavy atom. The molecule has 8 aromatic carbocycles. The molecule has 0 saturated heterocycles. The highest BCUT2D eigenvalue weighted by Gasteiger charge is 2.17. The standard InChI is InChI=1S/C55H36N6/c1-5-16-38(17-6-1)48-36-49(57-55(56-48)44-32-33-51-47(35-44)46-26-13-14-27-50(46)61(51)45-24-11-4-12-25-45)43-23-15-22-42(34-43)37-28-30-41(31-29-37)54-59-52(39-18-7-2-8-19-39)58-53(60-54)40-20-9-3-10-21-40/h1-36H. The van der Waals surface area contributed by atoms with Crippen LogP contribution in [0.15, 0.2) is 218 Å². The van der Waals surface area contributed by atoms with Gasteiger partial charge in [-0.15, -0.1) is 0 Å². The molecule has 6 heteroatoms. The molecular weight excluding hydrogens is 745 g/mol. The second-order valence-electron chi connectivity index (χ2n) is 14.9. The number of fused-ring (bicyclic) bond motifs is 3. The van der Waals surface area contributed by atoms with Crippen molar-refractivity contribution in [3.05, 3.63) is 218 Å². The van der Waals surface area contributed by atoms with Gasteiger partial charge in [-0.25, -0.2) is 24.9 Å². The Balaban J connectivity index is 0.978. The van der Waals surface area contributed by atoms with E-state index in [0.717, 1.165) is 78.0 Å². The van der Waals surface area contributed by atoms with Crippen LogP contribution >= 0.6 is 0 Å². The molecule has 11 rings (SSSR count). The Labute approximate surface area is 353 Å². The van der Waals surface area contributed by atoms with Crippen LogP contribution < -0.4 is 0 Å². The van der Waals surface area contributed by atoms with Crippen molar-refractivity contribution >= 4 is 21.8 Å². The van der Waals surface area contributed by atoms with E-state index in [-0.39, 0.29) is 0 Å². The van der Waals surface area contributed by atoms with Gasteiger partial charge in [-0.05, 0) is 59.7 Å². The van der Waals surface area contributed by atoms with Crippen molar-refractivity contribution in [1.82, 2.24) is 29.5 Å². The highest BCUT2D eigenvalue weighted by Crippen LogP contribution is 2.36. The highest BCUT2D eigenvalue weighted by atomic mass is 15.0. The summed E-state index contributed by atoms with van der Waals surface area (Å²) in [5, 5.41) is 2.34. The summed E-state index contributed by atoms with van der Waals surface area (Å²) in [4.78, 5) is 25.2. The first-order valence-electron chi connectivity index (χ1n) is 20.3. The van der Waals surface area contributed by atoms with Crippen molar-refractivity contribution in [3.63, 3.8) is 0 Å². The fourth-order valence-electron chi connectivity index (χ4n) is 8.06. The maximum absolute atomic E-state index is 5.27. The van der Waals surface area contributed by atoms with Crippen molar-refractivity contribution in [2.45, 2.75) is 0 Å². The lowest BCUT2D eigenvalue weighted by atomic mass is 9.99. The quantitative estimate of drug-likeness (QED) is 0.154. The van der Waals surface area contributed by atoms with Crippen molar-refractivity contribution in [2.75, 3.05) is 0 Å². The zero-order chi connectivity index (χ0) is 40.5. The fourth-order valence-corrected chi connectivity index (χ4v) is 8.06. The lowest BCUT2D eigenvalue weighted by Crippen LogP contribution is -2.00. The van der Waals surface area contributed by atoms with Crippen LogP contribution in [-0.2, 0) is 0 Å². The second-order valence-corrected chi connectivity index (χ2v) is 14.9. The summed E-state index contributed by atoms with van der Waals surface area (Å²) in [7, 11) is 0. The molecule has 3 heterocycles. The Hall–Kier alpha value is -8.35. The molecule has 6 nitrogen and oxygen atoms in total. The van der Waals surface area contributed by atoms with Gasteiger partial charge < -0.3 is 4.57 Å². The van der Waals surface area contributed by atoms with E-state index in [1.807, 2.05) is 78.9 Å². The molecule has 0 N–H and O–H groups in total. The summed E-state index contributed by atoms with van der Waals surface area (Å²) < 4.78 is 2.33. The molecule has 0 aliphatic rings. The second kappa shape index (κ2) is 15.4. The molecule has 11 aromatic rings. The number of hydrogen-bond donors (Lipinski definition) is 0. The largest absolute Gasteiger partial charge is 0.309 e. The molecule has 286 valence electrons. The minimum Gasteiger partial charge on any atom is -0.309 e. The fraction of sp³-hybridized carbons (Fsp3) is 0. The van der Waals surface area contributed by atoms with Crippen LogP contribution in [0.1, 0.15) is 0 Å². The summed E-state index contributed by atoms with van der Waals surface area (Å²) in [5.74, 6) is 2.57. The molecule has 61 heavy (non-hydrogen) atoms. The van der Waals surface area contributed by atoms with Crippen LogP contribution in [0.4, 0.5) is 0 Å². The minimum absolute atomic E-state index is 0.623. The molecule has 3 aromatic heterocycles. The summed E-state index contributed by atoms with van der Waals surface area (Å²) in [6, 6.07) is 75.2. The van der Waals surface area contributed by atoms with Gasteiger partial charge in [-0.2, -0.15) is 0 Å². The van der Waals surface area contributed by atoms with Gasteiger partial charge in [0.15, 0.2) is 23.3 Å². The zero-order valence-electron chi connectivity index (χ0n) is 33.0. The number of benzene rings is 8. The predicted octanol–water partition coefficient (Wildman–Crippen LogP) is 13.4. The van der Waals surface area contributed by atoms with Gasteiger partial charge in [-0.3, -0.25) is 0 Å². The van der Waals surface area contributed by atoms with E-state index in [0.29, 0.717) is 23.3 Å². The smallest absolute Gasteiger partial charge is 0.164 e. The first kappa shape index (κ1) is 35.8. The lowest BCUT2D eigenvalue weighted by Gasteiger charge is -2.12. The summed E-state index contributed by atoms with van der Waals surface area (Å²) >= 11 is 0. The van der Waals surface area contributed by atoms with Gasteiger partial charge in [0.1, 0.15) is 0 Å². The number of rotatable bonds is 8. The molecule has 0 amide bonds. The van der Waals surface area contributed by atoms with E-state index in [1.54, 1.807) is 0 Å². The maximum Gasteiger partial charge on any atom is 0.164 e. The molecule has 0 spiro atoms. The average molecular weight is 781 g/mol. The van der Waals surface area contributed by atoms with Gasteiger partial charge >= 0.3 is 0 Å². The molecular formula is C55H36N6. The van der Waals surface area contributed by atoms with Crippen LogP contribution in [-0.4, -0.2) is 29.5 Å². The first-order valence-corrected chi connectivity index (χ1v) is 20.3.